The van der Waals surface area contributed by atoms with Crippen LogP contribution in [-0.2, 0) is 0 Å². The van der Waals surface area contributed by atoms with E-state index < -0.39 is 24.3 Å². The quantitative estimate of drug-likeness (QED) is 0.435. The Balaban J connectivity index is 0.00000196. The predicted molar refractivity (Wildman–Crippen MR) is 46.2 cm³/mol. The van der Waals surface area contributed by atoms with Crippen LogP contribution in [0.4, 0.5) is 21.7 Å². The summed E-state index contributed by atoms with van der Waals surface area (Å²) in [5.74, 6) is -2.20. The monoisotopic (exact) mass is 266 g/mol. The maximum Gasteiger partial charge on any atom is 1.00 e. The van der Waals surface area contributed by atoms with Gasteiger partial charge in [-0.15, -0.1) is 0 Å². The number of hydrogen-bond acceptors (Lipinski definition) is 1. The van der Waals surface area contributed by atoms with Gasteiger partial charge in [0.05, 0.1) is 0 Å². The van der Waals surface area contributed by atoms with Gasteiger partial charge in [-0.25, -0.2) is 8.78 Å². The molecule has 0 amide bonds. The number of hydrogen-bond donors (Lipinski definition) is 0. The van der Waals surface area contributed by atoms with E-state index in [2.05, 4.69) is 0 Å². The Morgan fingerprint density at radius 3 is 2.13 bits per heavy atom. The first-order chi connectivity index (χ1) is 6.38. The summed E-state index contributed by atoms with van der Waals surface area (Å²) in [6.07, 6.45) is 0. The van der Waals surface area contributed by atoms with E-state index in [9.17, 15) is 21.7 Å². The van der Waals surface area contributed by atoms with Crippen LogP contribution in [0.2, 0.25) is 0 Å². The number of thioether (sulfide) groups is 1. The van der Waals surface area contributed by atoms with E-state index in [4.69, 9.17) is 0 Å². The molecule has 0 radical (unpaired) electrons. The first kappa shape index (κ1) is 15.9. The average Bonchev–Trinajstić information content (AvgIpc) is 2.06. The van der Waals surface area contributed by atoms with Gasteiger partial charge < -0.3 is 12.9 Å². The summed E-state index contributed by atoms with van der Waals surface area (Å²) in [5.41, 5.74) is -1.05. The maximum atomic E-state index is 12.5. The summed E-state index contributed by atoms with van der Waals surface area (Å²) in [6, 6.07) is 2.67. The molecule has 8 heteroatoms. The second-order valence-electron chi connectivity index (χ2n) is 2.60. The Morgan fingerprint density at radius 1 is 1.07 bits per heavy atom. The van der Waals surface area contributed by atoms with Gasteiger partial charge in [-0.05, 0) is 23.9 Å². The number of halogens is 5. The normalized spacial score (nSPS) is 11.0. The second kappa shape index (κ2) is 6.61. The molecule has 78 valence electrons. The summed E-state index contributed by atoms with van der Waals surface area (Å²) in [4.78, 5) is 0.0723. The van der Waals surface area contributed by atoms with Crippen molar-refractivity contribution in [3.63, 3.8) is 0 Å². The van der Waals surface area contributed by atoms with Gasteiger partial charge in [-0.1, -0.05) is 0 Å². The summed E-state index contributed by atoms with van der Waals surface area (Å²) in [7, 11) is 0. The van der Waals surface area contributed by atoms with Crippen LogP contribution in [0.1, 0.15) is 0 Å². The van der Waals surface area contributed by atoms with E-state index in [1.54, 1.807) is 0 Å². The molecule has 0 atom stereocenters. The molecule has 0 nitrogen and oxygen atoms in total. The second-order valence-corrected chi connectivity index (χ2v) is 3.69. The van der Waals surface area contributed by atoms with Gasteiger partial charge in [0.15, 0.2) is 11.6 Å². The molecule has 0 saturated carbocycles. The standard InChI is InChI=1S/C7H5BF5S.K/c9-6-2-1-5(3-7(6)10)14-4-8(11,12)13;/h1-3H,4H2;/q-1;+1. The first-order valence-electron chi connectivity index (χ1n) is 3.67. The smallest absolute Gasteiger partial charge is 0.448 e. The van der Waals surface area contributed by atoms with Gasteiger partial charge in [0.2, 0.25) is 0 Å². The molecule has 1 aromatic rings. The molecule has 0 N–H and O–H groups in total. The summed E-state index contributed by atoms with van der Waals surface area (Å²) in [6.45, 7) is -4.90. The zero-order valence-electron chi connectivity index (χ0n) is 7.81. The van der Waals surface area contributed by atoms with Gasteiger partial charge in [0.1, 0.15) is 0 Å². The van der Waals surface area contributed by atoms with Crippen molar-refractivity contribution in [3.05, 3.63) is 29.8 Å². The van der Waals surface area contributed by atoms with Crippen LogP contribution in [0.3, 0.4) is 0 Å². The van der Waals surface area contributed by atoms with Crippen molar-refractivity contribution in [2.75, 3.05) is 5.65 Å². The molecule has 1 rings (SSSR count). The first-order valence-corrected chi connectivity index (χ1v) is 4.66. The van der Waals surface area contributed by atoms with Crippen molar-refractivity contribution in [1.82, 2.24) is 0 Å². The Hall–Kier alpha value is 0.921. The summed E-state index contributed by atoms with van der Waals surface area (Å²) in [5, 5.41) is 0. The zero-order valence-corrected chi connectivity index (χ0v) is 11.8. The van der Waals surface area contributed by atoms with E-state index in [1.807, 2.05) is 0 Å². The molecule has 0 spiro atoms. The van der Waals surface area contributed by atoms with Crippen molar-refractivity contribution in [1.29, 1.82) is 0 Å². The molecular formula is C7H5BF5KS. The minimum absolute atomic E-state index is 0. The third kappa shape index (κ3) is 6.28. The summed E-state index contributed by atoms with van der Waals surface area (Å²) >= 11 is 0.446. The van der Waals surface area contributed by atoms with Crippen LogP contribution in [0.5, 0.6) is 0 Å². The van der Waals surface area contributed by atoms with E-state index >= 15 is 0 Å². The molecule has 0 saturated heterocycles. The topological polar surface area (TPSA) is 0 Å². The van der Waals surface area contributed by atoms with E-state index in [1.165, 1.54) is 0 Å². The Morgan fingerprint density at radius 2 is 1.67 bits per heavy atom. The van der Waals surface area contributed by atoms with Crippen LogP contribution in [0, 0.1) is 11.6 Å². The molecule has 0 aliphatic carbocycles. The van der Waals surface area contributed by atoms with E-state index in [0.29, 0.717) is 11.8 Å². The maximum absolute atomic E-state index is 12.5. The molecule has 0 aliphatic rings. The Labute approximate surface area is 130 Å². The van der Waals surface area contributed by atoms with Crippen LogP contribution >= 0.6 is 11.8 Å². The molecule has 0 aliphatic heterocycles. The number of rotatable bonds is 3. The predicted octanol–water partition coefficient (Wildman–Crippen LogP) is 0.448. The van der Waals surface area contributed by atoms with E-state index in [-0.39, 0.29) is 56.3 Å². The van der Waals surface area contributed by atoms with Gasteiger partial charge >= 0.3 is 58.4 Å². The van der Waals surface area contributed by atoms with Crippen molar-refractivity contribution < 1.29 is 73.1 Å². The van der Waals surface area contributed by atoms with Crippen LogP contribution in [-0.4, -0.2) is 12.6 Å². The van der Waals surface area contributed by atoms with Crippen LogP contribution in [0.15, 0.2) is 23.1 Å². The molecule has 0 aromatic heterocycles. The molecular weight excluding hydrogens is 261 g/mol. The molecule has 15 heavy (non-hydrogen) atoms. The minimum Gasteiger partial charge on any atom is -0.448 e. The Kier molecular flexibility index (Phi) is 7.01. The van der Waals surface area contributed by atoms with Crippen LogP contribution in [0.25, 0.3) is 0 Å². The number of benzene rings is 1. The van der Waals surface area contributed by atoms with Crippen molar-refractivity contribution in [3.8, 4) is 0 Å². The van der Waals surface area contributed by atoms with Crippen molar-refractivity contribution in [2.45, 2.75) is 4.90 Å². The average molecular weight is 266 g/mol. The fraction of sp³-hybridized carbons (Fsp3) is 0.143. The largest absolute Gasteiger partial charge is 1.00 e. The SMILES string of the molecule is Fc1ccc(SC[B-](F)(F)F)cc1F.[K+]. The van der Waals surface area contributed by atoms with E-state index in [0.717, 1.165) is 18.2 Å². The van der Waals surface area contributed by atoms with Gasteiger partial charge in [0, 0.05) is 4.90 Å². The molecule has 0 bridgehead atoms. The molecule has 0 unspecified atom stereocenters. The zero-order chi connectivity index (χ0) is 10.8. The van der Waals surface area contributed by atoms with Gasteiger partial charge in [-0.3, -0.25) is 0 Å². The van der Waals surface area contributed by atoms with Gasteiger partial charge in [-0.2, -0.15) is 11.8 Å². The third-order valence-corrected chi connectivity index (χ3v) is 2.46. The fourth-order valence-electron chi connectivity index (χ4n) is 0.757. The minimum atomic E-state index is -4.90. The molecule has 0 fully saturated rings. The van der Waals surface area contributed by atoms with Crippen molar-refractivity contribution >= 4 is 18.7 Å². The van der Waals surface area contributed by atoms with Crippen LogP contribution < -0.4 is 51.4 Å². The van der Waals surface area contributed by atoms with Crippen molar-refractivity contribution in [2.24, 2.45) is 0 Å². The third-order valence-electron chi connectivity index (χ3n) is 1.33. The Bertz CT molecular complexity index is 330. The fourth-order valence-corrected chi connectivity index (χ4v) is 1.49. The van der Waals surface area contributed by atoms with Gasteiger partial charge in [0.25, 0.3) is 0 Å². The molecule has 0 heterocycles. The summed E-state index contributed by atoms with van der Waals surface area (Å²) < 4.78 is 60.3. The molecule has 1 aromatic carbocycles.